The first-order valence-electron chi connectivity index (χ1n) is 8.04. The Balaban J connectivity index is 1.48. The monoisotopic (exact) mass is 361 g/mol. The summed E-state index contributed by atoms with van der Waals surface area (Å²) < 4.78 is 1.68. The number of benzene rings is 1. The third kappa shape index (κ3) is 3.38. The molecule has 0 radical (unpaired) electrons. The second kappa shape index (κ2) is 7.28. The van der Waals surface area contributed by atoms with E-state index in [1.54, 1.807) is 23.3 Å². The van der Waals surface area contributed by atoms with Gasteiger partial charge in [0.1, 0.15) is 9.88 Å². The van der Waals surface area contributed by atoms with Crippen molar-refractivity contribution in [2.24, 2.45) is 0 Å². The van der Waals surface area contributed by atoms with Crippen LogP contribution in [0.3, 0.4) is 0 Å². The van der Waals surface area contributed by atoms with Gasteiger partial charge in [0.05, 0.1) is 6.20 Å². The van der Waals surface area contributed by atoms with Gasteiger partial charge in [-0.15, -0.1) is 11.3 Å². The minimum Gasteiger partial charge on any atom is -0.347 e. The number of pyridine rings is 1. The minimum atomic E-state index is -0.153. The van der Waals surface area contributed by atoms with Crippen molar-refractivity contribution in [3.8, 4) is 16.4 Å². The van der Waals surface area contributed by atoms with Crippen LogP contribution in [0.4, 0.5) is 0 Å². The van der Waals surface area contributed by atoms with Crippen LogP contribution in [0.5, 0.6) is 0 Å². The predicted molar refractivity (Wildman–Crippen MR) is 100 cm³/mol. The van der Waals surface area contributed by atoms with Crippen LogP contribution in [0.25, 0.3) is 16.4 Å². The number of aromatic nitrogens is 4. The number of carbonyl (C=O) groups excluding carboxylic acids is 1. The van der Waals surface area contributed by atoms with Gasteiger partial charge in [-0.05, 0) is 12.1 Å². The van der Waals surface area contributed by atoms with Crippen LogP contribution in [-0.2, 0) is 6.54 Å². The van der Waals surface area contributed by atoms with Crippen LogP contribution >= 0.6 is 11.3 Å². The zero-order valence-corrected chi connectivity index (χ0v) is 14.6. The van der Waals surface area contributed by atoms with Gasteiger partial charge in [-0.2, -0.15) is 5.10 Å². The van der Waals surface area contributed by atoms with Gasteiger partial charge in [-0.3, -0.25) is 4.79 Å². The second-order valence-electron chi connectivity index (χ2n) is 5.52. The zero-order valence-electron chi connectivity index (χ0n) is 13.7. The maximum Gasteiger partial charge on any atom is 0.263 e. The number of amides is 1. The Hall–Kier alpha value is -3.32. The van der Waals surface area contributed by atoms with Crippen molar-refractivity contribution >= 4 is 17.2 Å². The Morgan fingerprint density at radius 2 is 1.92 bits per heavy atom. The summed E-state index contributed by atoms with van der Waals surface area (Å²) in [5, 5.41) is 7.96. The molecule has 0 unspecified atom stereocenters. The number of thiazole rings is 1. The third-order valence-electron chi connectivity index (χ3n) is 3.78. The van der Waals surface area contributed by atoms with E-state index >= 15 is 0 Å². The smallest absolute Gasteiger partial charge is 0.263 e. The highest BCUT2D eigenvalue weighted by atomic mass is 32.1. The van der Waals surface area contributed by atoms with Gasteiger partial charge >= 0.3 is 0 Å². The van der Waals surface area contributed by atoms with Crippen molar-refractivity contribution in [1.82, 2.24) is 25.1 Å². The highest BCUT2D eigenvalue weighted by Crippen LogP contribution is 2.24. The molecule has 128 valence electrons. The number of hydrogen-bond acceptors (Lipinski definition) is 5. The predicted octanol–water partition coefficient (Wildman–Crippen LogP) is 3.32. The SMILES string of the molecule is O=C(NCc1cccnc1-n1cccn1)c1cnc(-c2ccccc2)s1. The van der Waals surface area contributed by atoms with Crippen LogP contribution in [-0.4, -0.2) is 25.7 Å². The molecular formula is C19H15N5OS. The molecule has 0 atom stereocenters. The van der Waals surface area contributed by atoms with Crippen molar-refractivity contribution in [1.29, 1.82) is 0 Å². The fourth-order valence-corrected chi connectivity index (χ4v) is 3.36. The molecule has 0 bridgehead atoms. The molecule has 0 saturated carbocycles. The van der Waals surface area contributed by atoms with E-state index in [1.807, 2.05) is 54.7 Å². The van der Waals surface area contributed by atoms with Gasteiger partial charge in [-0.25, -0.2) is 14.6 Å². The van der Waals surface area contributed by atoms with Crippen molar-refractivity contribution in [2.75, 3.05) is 0 Å². The normalized spacial score (nSPS) is 10.6. The van der Waals surface area contributed by atoms with Gasteiger partial charge in [-0.1, -0.05) is 36.4 Å². The fourth-order valence-electron chi connectivity index (χ4n) is 2.52. The standard InChI is InChI=1S/C19H15N5OS/c25-18(16-13-22-19(26-16)14-6-2-1-3-7-14)21-12-15-8-4-9-20-17(15)24-11-5-10-23-24/h1-11,13H,12H2,(H,21,25). The lowest BCUT2D eigenvalue weighted by Crippen LogP contribution is -2.23. The first-order chi connectivity index (χ1) is 12.8. The highest BCUT2D eigenvalue weighted by molar-refractivity contribution is 7.16. The lowest BCUT2D eigenvalue weighted by atomic mass is 10.2. The summed E-state index contributed by atoms with van der Waals surface area (Å²) in [6.45, 7) is 0.362. The number of carbonyl (C=O) groups is 1. The molecule has 6 nitrogen and oxygen atoms in total. The summed E-state index contributed by atoms with van der Waals surface area (Å²) >= 11 is 1.37. The van der Waals surface area contributed by atoms with Crippen molar-refractivity contribution in [3.63, 3.8) is 0 Å². The highest BCUT2D eigenvalue weighted by Gasteiger charge is 2.13. The average Bonchev–Trinajstić information content (AvgIpc) is 3.39. The van der Waals surface area contributed by atoms with Crippen molar-refractivity contribution < 1.29 is 4.79 Å². The molecule has 0 aliphatic rings. The van der Waals surface area contributed by atoms with E-state index in [9.17, 15) is 4.79 Å². The molecule has 3 aromatic heterocycles. The Bertz CT molecular complexity index is 1010. The maximum atomic E-state index is 12.5. The van der Waals surface area contributed by atoms with Gasteiger partial charge in [0.15, 0.2) is 5.82 Å². The fraction of sp³-hybridized carbons (Fsp3) is 0.0526. The van der Waals surface area contributed by atoms with E-state index in [1.165, 1.54) is 11.3 Å². The van der Waals surface area contributed by atoms with Crippen LogP contribution in [0.1, 0.15) is 15.2 Å². The summed E-state index contributed by atoms with van der Waals surface area (Å²) in [5.74, 6) is 0.548. The van der Waals surface area contributed by atoms with E-state index in [0.717, 1.165) is 16.1 Å². The topological polar surface area (TPSA) is 72.7 Å². The first kappa shape index (κ1) is 16.2. The number of nitrogens with one attached hydrogen (secondary N) is 1. The van der Waals surface area contributed by atoms with E-state index in [0.29, 0.717) is 17.2 Å². The number of hydrogen-bond donors (Lipinski definition) is 1. The molecule has 7 heteroatoms. The van der Waals surface area contributed by atoms with Crippen molar-refractivity contribution in [2.45, 2.75) is 6.54 Å². The summed E-state index contributed by atoms with van der Waals surface area (Å²) in [4.78, 5) is 21.8. The molecule has 0 saturated heterocycles. The van der Waals surface area contributed by atoms with Crippen molar-refractivity contribution in [3.05, 3.63) is 83.8 Å². The molecule has 3 heterocycles. The third-order valence-corrected chi connectivity index (χ3v) is 4.82. The second-order valence-corrected chi connectivity index (χ2v) is 6.55. The van der Waals surface area contributed by atoms with Crippen LogP contribution in [0, 0.1) is 0 Å². The molecule has 4 rings (SSSR count). The summed E-state index contributed by atoms with van der Waals surface area (Å²) in [6, 6.07) is 15.4. The molecule has 1 amide bonds. The van der Waals surface area contributed by atoms with E-state index < -0.39 is 0 Å². The Morgan fingerprint density at radius 3 is 2.73 bits per heavy atom. The quantitative estimate of drug-likeness (QED) is 0.592. The summed E-state index contributed by atoms with van der Waals surface area (Å²) in [5.41, 5.74) is 1.89. The van der Waals surface area contributed by atoms with E-state index in [-0.39, 0.29) is 5.91 Å². The molecule has 1 aromatic carbocycles. The van der Waals surface area contributed by atoms with Crippen LogP contribution < -0.4 is 5.32 Å². The van der Waals surface area contributed by atoms with Crippen LogP contribution in [0.15, 0.2) is 73.3 Å². The molecule has 1 N–H and O–H groups in total. The lowest BCUT2D eigenvalue weighted by Gasteiger charge is -2.09. The molecule has 0 spiro atoms. The number of nitrogens with zero attached hydrogens (tertiary/aromatic N) is 4. The largest absolute Gasteiger partial charge is 0.347 e. The molecule has 4 aromatic rings. The van der Waals surface area contributed by atoms with E-state index in [2.05, 4.69) is 20.4 Å². The van der Waals surface area contributed by atoms with Crippen LogP contribution in [0.2, 0.25) is 0 Å². The molecular weight excluding hydrogens is 346 g/mol. The molecule has 0 fully saturated rings. The minimum absolute atomic E-state index is 0.153. The Kier molecular flexibility index (Phi) is 4.53. The summed E-state index contributed by atoms with van der Waals surface area (Å²) in [7, 11) is 0. The maximum absolute atomic E-state index is 12.5. The Labute approximate surface area is 154 Å². The van der Waals surface area contributed by atoms with E-state index in [4.69, 9.17) is 0 Å². The molecule has 0 aliphatic heterocycles. The first-order valence-corrected chi connectivity index (χ1v) is 8.86. The zero-order chi connectivity index (χ0) is 17.8. The number of rotatable bonds is 5. The lowest BCUT2D eigenvalue weighted by molar-refractivity contribution is 0.0954. The van der Waals surface area contributed by atoms with Gasteiger partial charge in [0.25, 0.3) is 5.91 Å². The Morgan fingerprint density at radius 1 is 1.04 bits per heavy atom. The van der Waals surface area contributed by atoms with Gasteiger partial charge < -0.3 is 5.32 Å². The molecule has 0 aliphatic carbocycles. The molecule has 26 heavy (non-hydrogen) atoms. The van der Waals surface area contributed by atoms with Gasteiger partial charge in [0.2, 0.25) is 0 Å². The van der Waals surface area contributed by atoms with Gasteiger partial charge in [0, 0.05) is 36.3 Å². The summed E-state index contributed by atoms with van der Waals surface area (Å²) in [6.07, 6.45) is 6.83. The average molecular weight is 361 g/mol.